The summed E-state index contributed by atoms with van der Waals surface area (Å²) in [5, 5.41) is 8.74. The molecule has 288 valence electrons. The van der Waals surface area contributed by atoms with Gasteiger partial charge in [0.1, 0.15) is 12.2 Å². The third kappa shape index (κ3) is 7.23. The maximum absolute atomic E-state index is 11.9. The first-order chi connectivity index (χ1) is 27.0. The zero-order valence-electron chi connectivity index (χ0n) is 33.4. The average Bonchev–Trinajstić information content (AvgIpc) is 3.66. The molecule has 5 aromatic heterocycles. The van der Waals surface area contributed by atoms with Crippen LogP contribution in [0, 0.1) is 20.8 Å². The second kappa shape index (κ2) is 14.4. The Labute approximate surface area is 331 Å². The van der Waals surface area contributed by atoms with Crippen LogP contribution in [0.1, 0.15) is 75.3 Å². The molecular weight excluding hydrogens is 717 g/mol. The van der Waals surface area contributed by atoms with Crippen LogP contribution in [-0.4, -0.2) is 52.6 Å². The van der Waals surface area contributed by atoms with Gasteiger partial charge in [0.05, 0.1) is 33.3 Å². The van der Waals surface area contributed by atoms with E-state index in [2.05, 4.69) is 50.8 Å². The smallest absolute Gasteiger partial charge is 0.234 e. The number of amides is 3. The minimum Gasteiger partial charge on any atom is -0.325 e. The number of carbonyl (C=O) groups is 3. The lowest BCUT2D eigenvalue weighted by molar-refractivity contribution is -0.120. The van der Waals surface area contributed by atoms with Gasteiger partial charge in [-0.25, -0.2) is 19.9 Å². The Morgan fingerprint density at radius 3 is 1.60 bits per heavy atom. The lowest BCUT2D eigenvalue weighted by atomic mass is 9.86. The monoisotopic (exact) mass is 760 g/mol. The van der Waals surface area contributed by atoms with Crippen molar-refractivity contribution in [3.8, 4) is 33.8 Å². The molecule has 0 bridgehead atoms. The summed E-state index contributed by atoms with van der Waals surface area (Å²) in [5.74, 6) is 0.785. The number of benzene rings is 1. The summed E-state index contributed by atoms with van der Waals surface area (Å²) in [6.07, 6.45) is 12.1. The van der Waals surface area contributed by atoms with Crippen molar-refractivity contribution in [2.24, 2.45) is 0 Å². The molecule has 3 N–H and O–H groups in total. The van der Waals surface area contributed by atoms with E-state index in [1.807, 2.05) is 111 Å². The Hall–Kier alpha value is -6.76. The van der Waals surface area contributed by atoms with Crippen LogP contribution >= 0.6 is 0 Å². The number of hydrogen-bond donors (Lipinski definition) is 3. The topological polar surface area (TPSA) is 178 Å². The molecule has 1 aromatic carbocycles. The highest BCUT2D eigenvalue weighted by Crippen LogP contribution is 2.41. The Morgan fingerprint density at radius 1 is 0.491 bits per heavy atom. The lowest BCUT2D eigenvalue weighted by Gasteiger charge is -2.14. The summed E-state index contributed by atoms with van der Waals surface area (Å²) in [7, 11) is 0. The zero-order valence-corrected chi connectivity index (χ0v) is 33.4. The minimum absolute atomic E-state index is 0.00149. The van der Waals surface area contributed by atoms with E-state index >= 15 is 0 Å². The maximum atomic E-state index is 11.9. The molecule has 0 atom stereocenters. The fourth-order valence-electron chi connectivity index (χ4n) is 6.87. The molecule has 0 aliphatic carbocycles. The lowest BCUT2D eigenvalue weighted by Crippen LogP contribution is -2.26. The zero-order chi connectivity index (χ0) is 40.9. The number of nitrogens with one attached hydrogen (secondary N) is 3. The van der Waals surface area contributed by atoms with E-state index in [0.29, 0.717) is 0 Å². The molecule has 0 saturated heterocycles. The first-order valence-electron chi connectivity index (χ1n) is 18.6. The van der Waals surface area contributed by atoms with E-state index in [-0.39, 0.29) is 17.7 Å². The van der Waals surface area contributed by atoms with E-state index in [0.717, 1.165) is 84.6 Å². The van der Waals surface area contributed by atoms with E-state index in [1.165, 1.54) is 0 Å². The van der Waals surface area contributed by atoms with E-state index in [9.17, 15) is 14.4 Å². The molecular formula is C44H44N10O3. The molecule has 0 radical (unpaired) electrons. The molecule has 13 heteroatoms. The fourth-order valence-corrected chi connectivity index (χ4v) is 6.87. The molecule has 3 aliphatic heterocycles. The molecule has 0 unspecified atom stereocenters. The van der Waals surface area contributed by atoms with Crippen LogP contribution in [0.2, 0.25) is 0 Å². The molecule has 13 nitrogen and oxygen atoms in total. The summed E-state index contributed by atoms with van der Waals surface area (Å²) in [6.45, 7) is 17.2. The first-order valence-corrected chi connectivity index (χ1v) is 18.6. The van der Waals surface area contributed by atoms with Crippen molar-refractivity contribution in [1.82, 2.24) is 34.9 Å². The van der Waals surface area contributed by atoms with Gasteiger partial charge in [0.2, 0.25) is 17.7 Å². The first kappa shape index (κ1) is 38.5. The quantitative estimate of drug-likeness (QED) is 0.164. The van der Waals surface area contributed by atoms with Crippen LogP contribution in [0.5, 0.6) is 0 Å². The van der Waals surface area contributed by atoms with E-state index < -0.39 is 16.2 Å². The Balaban J connectivity index is 0.000000131. The Bertz CT molecular complexity index is 2580. The van der Waals surface area contributed by atoms with Gasteiger partial charge in [-0.05, 0) is 104 Å². The van der Waals surface area contributed by atoms with Crippen molar-refractivity contribution in [3.05, 3.63) is 120 Å². The van der Waals surface area contributed by atoms with Gasteiger partial charge in [0.15, 0.2) is 0 Å². The number of rotatable bonds is 3. The molecule has 0 saturated carbocycles. The van der Waals surface area contributed by atoms with Crippen molar-refractivity contribution < 1.29 is 14.4 Å². The molecule has 6 aromatic rings. The van der Waals surface area contributed by atoms with Crippen LogP contribution in [0.3, 0.4) is 0 Å². The SMILES string of the molecule is Cc1cc(-c2ccc3c(c2)NC(=O)C3(C)C)ncn1.Cc1cnccc1-c1cc2c(cn1)C(C)(C)C(=O)N2.Cc1ncc(-c2cc3c(cn2)C(C)(C)C(=O)N3)cn1. The summed E-state index contributed by atoms with van der Waals surface area (Å²) in [4.78, 5) is 65.4. The predicted octanol–water partition coefficient (Wildman–Crippen LogP) is 7.44. The molecule has 3 amide bonds. The van der Waals surface area contributed by atoms with Crippen molar-refractivity contribution in [2.45, 2.75) is 78.6 Å². The van der Waals surface area contributed by atoms with Gasteiger partial charge in [-0.2, -0.15) is 0 Å². The number of pyridine rings is 3. The van der Waals surface area contributed by atoms with E-state index in [4.69, 9.17) is 0 Å². The van der Waals surface area contributed by atoms with Crippen LogP contribution < -0.4 is 16.0 Å². The summed E-state index contributed by atoms with van der Waals surface area (Å²) in [6, 6.07) is 13.7. The summed E-state index contributed by atoms with van der Waals surface area (Å²) < 4.78 is 0. The number of carbonyl (C=O) groups excluding carboxylic acids is 3. The molecule has 3 aliphatic rings. The van der Waals surface area contributed by atoms with Crippen molar-refractivity contribution in [3.63, 3.8) is 0 Å². The highest BCUT2D eigenvalue weighted by Gasteiger charge is 2.40. The maximum Gasteiger partial charge on any atom is 0.234 e. The van der Waals surface area contributed by atoms with E-state index in [1.54, 1.807) is 37.3 Å². The van der Waals surface area contributed by atoms with Gasteiger partial charge >= 0.3 is 0 Å². The molecule has 0 spiro atoms. The van der Waals surface area contributed by atoms with Gasteiger partial charge in [-0.3, -0.25) is 29.3 Å². The number of anilines is 3. The van der Waals surface area contributed by atoms with Crippen LogP contribution in [-0.2, 0) is 30.6 Å². The number of hydrogen-bond acceptors (Lipinski definition) is 10. The second-order valence-electron chi connectivity index (χ2n) is 16.0. The van der Waals surface area contributed by atoms with Crippen LogP contribution in [0.15, 0.2) is 86.0 Å². The predicted molar refractivity (Wildman–Crippen MR) is 219 cm³/mol. The third-order valence-corrected chi connectivity index (χ3v) is 10.8. The van der Waals surface area contributed by atoms with Gasteiger partial charge in [0, 0.05) is 87.8 Å². The van der Waals surface area contributed by atoms with Crippen molar-refractivity contribution in [1.29, 1.82) is 0 Å². The normalized spacial score (nSPS) is 16.1. The molecule has 8 heterocycles. The fraction of sp³-hybridized carbons (Fsp3) is 0.273. The Kier molecular flexibility index (Phi) is 9.72. The van der Waals surface area contributed by atoms with Gasteiger partial charge < -0.3 is 16.0 Å². The van der Waals surface area contributed by atoms with Gasteiger partial charge in [-0.1, -0.05) is 12.1 Å². The van der Waals surface area contributed by atoms with Gasteiger partial charge in [-0.15, -0.1) is 0 Å². The standard InChI is InChI=1S/2C15H15N3O.C14H14N4O/c1-9-7-16-5-4-10(9)12-6-13-11(8-17-12)15(2,3)14(19)18-13;1-9-6-12(17-8-16-9)10-4-5-11-13(7-10)18-14(19)15(11,2)3;1-8-15-5-9(6-16-8)11-4-12-10(7-17-11)14(2,3)13(19)18-12/h2*4-8H,1-3H3,(H,18,19);4-7H,1-3H3,(H,18,19). The number of aromatic nitrogens is 7. The average molecular weight is 761 g/mol. The Morgan fingerprint density at radius 2 is 1.02 bits per heavy atom. The largest absolute Gasteiger partial charge is 0.325 e. The number of nitrogens with zero attached hydrogens (tertiary/aromatic N) is 7. The van der Waals surface area contributed by atoms with Crippen LogP contribution in [0.4, 0.5) is 17.1 Å². The highest BCUT2D eigenvalue weighted by molar-refractivity contribution is 6.07. The molecule has 0 fully saturated rings. The summed E-state index contributed by atoms with van der Waals surface area (Å²) >= 11 is 0. The van der Waals surface area contributed by atoms with Gasteiger partial charge in [0.25, 0.3) is 0 Å². The molecule has 9 rings (SSSR count). The third-order valence-electron chi connectivity index (χ3n) is 10.8. The van der Waals surface area contributed by atoms with Crippen LogP contribution in [0.25, 0.3) is 33.8 Å². The second-order valence-corrected chi connectivity index (χ2v) is 16.0. The summed E-state index contributed by atoms with van der Waals surface area (Å²) in [5.41, 5.74) is 11.3. The van der Waals surface area contributed by atoms with Crippen molar-refractivity contribution >= 4 is 34.8 Å². The minimum atomic E-state index is -0.523. The number of fused-ring (bicyclic) bond motifs is 3. The molecule has 57 heavy (non-hydrogen) atoms. The number of aryl methyl sites for hydroxylation is 3. The van der Waals surface area contributed by atoms with Crippen molar-refractivity contribution in [2.75, 3.05) is 16.0 Å². The highest BCUT2D eigenvalue weighted by atomic mass is 16.2.